The molecule has 0 aromatic carbocycles. The van der Waals surface area contributed by atoms with Gasteiger partial charge in [0.2, 0.25) is 0 Å². The van der Waals surface area contributed by atoms with Gasteiger partial charge in [-0.15, -0.1) is 0 Å². The second-order valence-corrected chi connectivity index (χ2v) is 5.78. The number of alkyl halides is 3. The van der Waals surface area contributed by atoms with Crippen molar-refractivity contribution in [1.82, 2.24) is 4.90 Å². The number of aliphatic hydroxyl groups excluding tert-OH is 1. The summed E-state index contributed by atoms with van der Waals surface area (Å²) in [5.74, 6) is -1.55. The number of likely N-dealkylation sites (tertiary alicyclic amines) is 1. The van der Waals surface area contributed by atoms with Crippen molar-refractivity contribution in [1.29, 1.82) is 0 Å². The summed E-state index contributed by atoms with van der Waals surface area (Å²) < 4.78 is 43.2. The summed E-state index contributed by atoms with van der Waals surface area (Å²) >= 11 is 0. The van der Waals surface area contributed by atoms with E-state index in [2.05, 4.69) is 0 Å². The maximum atomic E-state index is 12.7. The van der Waals surface area contributed by atoms with Gasteiger partial charge in [-0.3, -0.25) is 0 Å². The number of ether oxygens (including phenoxy) is 1. The van der Waals surface area contributed by atoms with Gasteiger partial charge in [-0.2, -0.15) is 13.2 Å². The van der Waals surface area contributed by atoms with Gasteiger partial charge in [0.1, 0.15) is 5.60 Å². The lowest BCUT2D eigenvalue weighted by Crippen LogP contribution is -2.52. The van der Waals surface area contributed by atoms with E-state index in [1.165, 1.54) is 0 Å². The van der Waals surface area contributed by atoms with Crippen LogP contribution in [0.1, 0.15) is 33.6 Å². The average molecular weight is 283 g/mol. The van der Waals surface area contributed by atoms with E-state index >= 15 is 0 Å². The summed E-state index contributed by atoms with van der Waals surface area (Å²) in [5, 5.41) is 9.17. The third-order valence-corrected chi connectivity index (χ3v) is 3.01. The van der Waals surface area contributed by atoms with E-state index in [1.54, 1.807) is 20.8 Å². The normalized spacial score (nSPS) is 25.3. The summed E-state index contributed by atoms with van der Waals surface area (Å²) in [7, 11) is 0. The minimum absolute atomic E-state index is 0.0754. The molecule has 19 heavy (non-hydrogen) atoms. The molecule has 1 heterocycles. The van der Waals surface area contributed by atoms with Crippen molar-refractivity contribution in [2.45, 2.75) is 51.4 Å². The van der Waals surface area contributed by atoms with E-state index in [4.69, 9.17) is 9.84 Å². The number of hydrogen-bond acceptors (Lipinski definition) is 3. The molecule has 1 amide bonds. The fourth-order valence-electron chi connectivity index (χ4n) is 2.03. The molecule has 0 bridgehead atoms. The van der Waals surface area contributed by atoms with E-state index in [0.29, 0.717) is 0 Å². The van der Waals surface area contributed by atoms with Crippen LogP contribution in [-0.2, 0) is 4.74 Å². The smallest absolute Gasteiger partial charge is 0.410 e. The van der Waals surface area contributed by atoms with Gasteiger partial charge >= 0.3 is 12.3 Å². The Labute approximate surface area is 110 Å². The lowest BCUT2D eigenvalue weighted by Gasteiger charge is -2.39. The molecule has 2 atom stereocenters. The van der Waals surface area contributed by atoms with E-state index in [0.717, 1.165) is 4.90 Å². The Morgan fingerprint density at radius 3 is 2.32 bits per heavy atom. The second-order valence-electron chi connectivity index (χ2n) is 5.78. The van der Waals surface area contributed by atoms with Crippen LogP contribution in [0.25, 0.3) is 0 Å². The van der Waals surface area contributed by atoms with Crippen LogP contribution >= 0.6 is 0 Å². The Hall–Kier alpha value is -0.980. The number of amides is 1. The zero-order valence-electron chi connectivity index (χ0n) is 11.3. The highest BCUT2D eigenvalue weighted by molar-refractivity contribution is 5.68. The first-order chi connectivity index (χ1) is 8.54. The molecule has 1 rings (SSSR count). The first kappa shape index (κ1) is 16.1. The van der Waals surface area contributed by atoms with Gasteiger partial charge in [-0.1, -0.05) is 0 Å². The molecule has 0 aromatic heterocycles. The Balaban J connectivity index is 2.78. The lowest BCUT2D eigenvalue weighted by atomic mass is 9.93. The maximum absolute atomic E-state index is 12.7. The summed E-state index contributed by atoms with van der Waals surface area (Å²) in [6.07, 6.45) is -5.09. The number of carbonyl (C=O) groups is 1. The highest BCUT2D eigenvalue weighted by Crippen LogP contribution is 2.35. The number of rotatable bonds is 1. The molecule has 112 valence electrons. The molecule has 1 N–H and O–H groups in total. The molecule has 7 heteroatoms. The molecule has 1 aliphatic rings. The number of aliphatic hydroxyl groups is 1. The van der Waals surface area contributed by atoms with Crippen molar-refractivity contribution in [2.24, 2.45) is 5.92 Å². The number of piperidine rings is 1. The lowest BCUT2D eigenvalue weighted by molar-refractivity contribution is -0.189. The topological polar surface area (TPSA) is 49.8 Å². The molecular weight excluding hydrogens is 263 g/mol. The molecule has 1 aliphatic heterocycles. The van der Waals surface area contributed by atoms with Gasteiger partial charge < -0.3 is 14.7 Å². The molecule has 0 unspecified atom stereocenters. The van der Waals surface area contributed by atoms with Crippen LogP contribution in [0.4, 0.5) is 18.0 Å². The van der Waals surface area contributed by atoms with Crippen LogP contribution in [0, 0.1) is 5.92 Å². The zero-order chi connectivity index (χ0) is 14.8. The van der Waals surface area contributed by atoms with E-state index < -0.39 is 36.4 Å². The molecule has 1 saturated heterocycles. The van der Waals surface area contributed by atoms with Gasteiger partial charge in [-0.25, -0.2) is 4.79 Å². The predicted molar refractivity (Wildman–Crippen MR) is 62.6 cm³/mol. The third kappa shape index (κ3) is 4.56. The van der Waals surface area contributed by atoms with Crippen LogP contribution in [0.15, 0.2) is 0 Å². The van der Waals surface area contributed by atoms with Crippen molar-refractivity contribution in [2.75, 3.05) is 13.2 Å². The molecule has 0 radical (unpaired) electrons. The molecule has 0 spiro atoms. The van der Waals surface area contributed by atoms with E-state index in [9.17, 15) is 18.0 Å². The molecular formula is C12H20F3NO3. The predicted octanol–water partition coefficient (Wildman–Crippen LogP) is 2.56. The van der Waals surface area contributed by atoms with E-state index in [1.807, 2.05) is 0 Å². The fourth-order valence-corrected chi connectivity index (χ4v) is 2.03. The van der Waals surface area contributed by atoms with Crippen molar-refractivity contribution >= 4 is 6.09 Å². The van der Waals surface area contributed by atoms with Crippen LogP contribution in [-0.4, -0.2) is 47.1 Å². The van der Waals surface area contributed by atoms with Crippen LogP contribution in [0.5, 0.6) is 0 Å². The van der Waals surface area contributed by atoms with E-state index in [-0.39, 0.29) is 19.4 Å². The maximum Gasteiger partial charge on any atom is 0.410 e. The van der Waals surface area contributed by atoms with Gasteiger partial charge in [-0.05, 0) is 33.6 Å². The van der Waals surface area contributed by atoms with Gasteiger partial charge in [0, 0.05) is 6.54 Å². The SMILES string of the molecule is CC(C)(C)OC(=O)N1C[C@@H](C(F)(F)F)CC[C@H]1CO. The second kappa shape index (κ2) is 5.56. The molecule has 0 saturated carbocycles. The molecule has 0 aromatic rings. The first-order valence-corrected chi connectivity index (χ1v) is 6.22. The van der Waals surface area contributed by atoms with Crippen LogP contribution in [0.2, 0.25) is 0 Å². The quantitative estimate of drug-likeness (QED) is 0.804. The summed E-state index contributed by atoms with van der Waals surface area (Å²) in [5.41, 5.74) is -0.776. The summed E-state index contributed by atoms with van der Waals surface area (Å²) in [4.78, 5) is 12.9. The van der Waals surface area contributed by atoms with Crippen molar-refractivity contribution in [3.8, 4) is 0 Å². The third-order valence-electron chi connectivity index (χ3n) is 3.01. The average Bonchev–Trinajstić information content (AvgIpc) is 2.24. The number of carbonyl (C=O) groups excluding carboxylic acids is 1. The van der Waals surface area contributed by atoms with Gasteiger partial charge in [0.15, 0.2) is 0 Å². The number of nitrogens with zero attached hydrogens (tertiary/aromatic N) is 1. The standard InChI is InChI=1S/C12H20F3NO3/c1-11(2,3)19-10(18)16-6-8(12(13,14)15)4-5-9(16)7-17/h8-9,17H,4-7H2,1-3H3/t8-,9-/m0/s1. The summed E-state index contributed by atoms with van der Waals surface area (Å²) in [6.45, 7) is 4.12. The van der Waals surface area contributed by atoms with Crippen molar-refractivity contribution < 1.29 is 27.8 Å². The monoisotopic (exact) mass is 283 g/mol. The fraction of sp³-hybridized carbons (Fsp3) is 0.917. The largest absolute Gasteiger partial charge is 0.444 e. The molecule has 4 nitrogen and oxygen atoms in total. The first-order valence-electron chi connectivity index (χ1n) is 6.22. The minimum Gasteiger partial charge on any atom is -0.444 e. The Kier molecular flexibility index (Phi) is 4.71. The van der Waals surface area contributed by atoms with Crippen molar-refractivity contribution in [3.63, 3.8) is 0 Å². The van der Waals surface area contributed by atoms with Crippen LogP contribution < -0.4 is 0 Å². The highest BCUT2D eigenvalue weighted by Gasteiger charge is 2.46. The van der Waals surface area contributed by atoms with Crippen LogP contribution in [0.3, 0.4) is 0 Å². The van der Waals surface area contributed by atoms with Crippen molar-refractivity contribution in [3.05, 3.63) is 0 Å². The van der Waals surface area contributed by atoms with Gasteiger partial charge in [0.05, 0.1) is 18.6 Å². The number of halogens is 3. The Morgan fingerprint density at radius 2 is 1.89 bits per heavy atom. The minimum atomic E-state index is -4.33. The zero-order valence-corrected chi connectivity index (χ0v) is 11.3. The number of hydrogen-bond donors (Lipinski definition) is 1. The Morgan fingerprint density at radius 1 is 1.32 bits per heavy atom. The molecule has 1 fully saturated rings. The van der Waals surface area contributed by atoms with Gasteiger partial charge in [0.25, 0.3) is 0 Å². The Bertz CT molecular complexity index is 325. The summed E-state index contributed by atoms with van der Waals surface area (Å²) in [6, 6.07) is -0.603. The highest BCUT2D eigenvalue weighted by atomic mass is 19.4. The molecule has 0 aliphatic carbocycles.